The van der Waals surface area contributed by atoms with Crippen molar-refractivity contribution in [1.29, 1.82) is 0 Å². The average Bonchev–Trinajstić information content (AvgIpc) is 2.04. The summed E-state index contributed by atoms with van der Waals surface area (Å²) >= 11 is 0. The van der Waals surface area contributed by atoms with Gasteiger partial charge in [0.05, 0.1) is 8.80 Å². The lowest BCUT2D eigenvalue weighted by atomic mass is 10.1. The molecule has 0 fully saturated rings. The third-order valence-corrected chi connectivity index (χ3v) is 3.85. The van der Waals surface area contributed by atoms with E-state index in [1.165, 1.54) is 16.3 Å². The number of rotatable bonds is 2. The summed E-state index contributed by atoms with van der Waals surface area (Å²) in [6, 6.07) is 8.64. The highest BCUT2D eigenvalue weighted by atomic mass is 28.3. The van der Waals surface area contributed by atoms with Gasteiger partial charge in [0.1, 0.15) is 0 Å². The van der Waals surface area contributed by atoms with Gasteiger partial charge in [-0.25, -0.2) is 0 Å². The minimum atomic E-state index is -0.701. The Morgan fingerprint density at radius 3 is 2.08 bits per heavy atom. The van der Waals surface area contributed by atoms with Crippen LogP contribution in [0.1, 0.15) is 11.1 Å². The molecule has 0 bridgehead atoms. The van der Waals surface area contributed by atoms with Crippen molar-refractivity contribution in [3.63, 3.8) is 0 Å². The zero-order chi connectivity index (χ0) is 9.14. The van der Waals surface area contributed by atoms with Crippen LogP contribution in [0.5, 0.6) is 0 Å². The molecule has 0 radical (unpaired) electrons. The summed E-state index contributed by atoms with van der Waals surface area (Å²) in [7, 11) is -0.701. The molecule has 0 N–H and O–H groups in total. The highest BCUT2D eigenvalue weighted by molar-refractivity contribution is 6.76. The molecule has 0 saturated carbocycles. The Balaban J connectivity index is 2.90. The maximum atomic E-state index is 4.12. The molecular formula is C11H16Si. The molecule has 0 aliphatic rings. The minimum Gasteiger partial charge on any atom is -0.0996 e. The molecule has 0 atom stereocenters. The van der Waals surface area contributed by atoms with Crippen molar-refractivity contribution in [3.05, 3.63) is 42.0 Å². The quantitative estimate of drug-likeness (QED) is 0.608. The van der Waals surface area contributed by atoms with Crippen LogP contribution in [0.4, 0.5) is 0 Å². The first kappa shape index (κ1) is 9.27. The molecule has 0 aromatic heterocycles. The van der Waals surface area contributed by atoms with Gasteiger partial charge in [-0.15, -0.1) is 0 Å². The van der Waals surface area contributed by atoms with Crippen LogP contribution in [0.15, 0.2) is 30.8 Å². The lowest BCUT2D eigenvalue weighted by Gasteiger charge is -2.08. The van der Waals surface area contributed by atoms with Crippen LogP contribution >= 0.6 is 0 Å². The van der Waals surface area contributed by atoms with Crippen molar-refractivity contribution in [1.82, 2.24) is 0 Å². The molecule has 1 aromatic rings. The van der Waals surface area contributed by atoms with Gasteiger partial charge in [-0.1, -0.05) is 54.7 Å². The minimum absolute atomic E-state index is 0.701. The van der Waals surface area contributed by atoms with Gasteiger partial charge in [-0.3, -0.25) is 0 Å². The molecule has 0 nitrogen and oxygen atoms in total. The lowest BCUT2D eigenvalue weighted by Crippen LogP contribution is -2.02. The molecule has 1 heteroatoms. The van der Waals surface area contributed by atoms with E-state index in [1.54, 1.807) is 0 Å². The van der Waals surface area contributed by atoms with Gasteiger partial charge >= 0.3 is 0 Å². The van der Waals surface area contributed by atoms with Crippen LogP contribution < -0.4 is 0 Å². The largest absolute Gasteiger partial charge is 0.0996 e. The van der Waals surface area contributed by atoms with Crippen molar-refractivity contribution in [2.75, 3.05) is 0 Å². The van der Waals surface area contributed by atoms with Gasteiger partial charge < -0.3 is 0 Å². The Morgan fingerprint density at radius 2 is 1.67 bits per heavy atom. The van der Waals surface area contributed by atoms with Crippen molar-refractivity contribution in [2.45, 2.75) is 20.0 Å². The normalized spacial score (nSPS) is 10.3. The van der Waals surface area contributed by atoms with Crippen LogP contribution in [0.25, 0.3) is 5.20 Å². The molecule has 0 aliphatic carbocycles. The van der Waals surface area contributed by atoms with Gasteiger partial charge in [0.25, 0.3) is 0 Å². The molecule has 0 amide bonds. The summed E-state index contributed by atoms with van der Waals surface area (Å²) in [5.41, 5.74) is 2.64. The molecular weight excluding hydrogens is 160 g/mol. The van der Waals surface area contributed by atoms with E-state index < -0.39 is 8.80 Å². The van der Waals surface area contributed by atoms with E-state index in [0.717, 1.165) is 0 Å². The van der Waals surface area contributed by atoms with E-state index in [9.17, 15) is 0 Å². The van der Waals surface area contributed by atoms with E-state index in [2.05, 4.69) is 50.9 Å². The summed E-state index contributed by atoms with van der Waals surface area (Å²) in [6.45, 7) is 10.8. The lowest BCUT2D eigenvalue weighted by molar-refractivity contribution is 1.46. The molecule has 0 saturated heterocycles. The second-order valence-electron chi connectivity index (χ2n) is 3.55. The van der Waals surface area contributed by atoms with Crippen LogP contribution in [-0.2, 0) is 0 Å². The van der Waals surface area contributed by atoms with E-state index >= 15 is 0 Å². The topological polar surface area (TPSA) is 0 Å². The van der Waals surface area contributed by atoms with Gasteiger partial charge in [0.2, 0.25) is 0 Å². The van der Waals surface area contributed by atoms with Crippen LogP contribution in [-0.4, -0.2) is 8.80 Å². The van der Waals surface area contributed by atoms with Crippen LogP contribution in [0, 0.1) is 6.92 Å². The van der Waals surface area contributed by atoms with Crippen molar-refractivity contribution in [3.8, 4) is 0 Å². The van der Waals surface area contributed by atoms with Gasteiger partial charge in [-0.05, 0) is 12.5 Å². The maximum Gasteiger partial charge on any atom is 0.0647 e. The molecule has 1 rings (SSSR count). The predicted octanol–water partition coefficient (Wildman–Crippen LogP) is 3.03. The molecule has 1 aromatic carbocycles. The third-order valence-electron chi connectivity index (χ3n) is 2.12. The number of hydrogen-bond donors (Lipinski definition) is 0. The standard InChI is InChI=1S/C11H16Si/c1-9-5-7-11(8-6-9)10(2)12(3)4/h5-8,12H,2H2,1,3-4H3. The van der Waals surface area contributed by atoms with Crippen molar-refractivity contribution in [2.24, 2.45) is 0 Å². The van der Waals surface area contributed by atoms with Gasteiger partial charge in [-0.2, -0.15) is 0 Å². The van der Waals surface area contributed by atoms with Crippen molar-refractivity contribution < 1.29 is 0 Å². The Kier molecular flexibility index (Phi) is 2.87. The summed E-state index contributed by atoms with van der Waals surface area (Å²) in [5, 5.41) is 1.36. The first-order valence-electron chi connectivity index (χ1n) is 4.37. The van der Waals surface area contributed by atoms with Crippen LogP contribution in [0.3, 0.4) is 0 Å². The van der Waals surface area contributed by atoms with E-state index in [-0.39, 0.29) is 0 Å². The third kappa shape index (κ3) is 2.08. The molecule has 0 aliphatic heterocycles. The summed E-state index contributed by atoms with van der Waals surface area (Å²) in [5.74, 6) is 0. The second kappa shape index (κ2) is 3.72. The fraction of sp³-hybridized carbons (Fsp3) is 0.273. The zero-order valence-corrected chi connectivity index (χ0v) is 9.25. The SMILES string of the molecule is C=C(c1ccc(C)cc1)[SiH](C)C. The maximum absolute atomic E-state index is 4.12. The number of benzene rings is 1. The summed E-state index contributed by atoms with van der Waals surface area (Å²) < 4.78 is 0. The predicted molar refractivity (Wildman–Crippen MR) is 59.1 cm³/mol. The van der Waals surface area contributed by atoms with E-state index in [1.807, 2.05) is 0 Å². The average molecular weight is 176 g/mol. The number of hydrogen-bond acceptors (Lipinski definition) is 0. The fourth-order valence-electron chi connectivity index (χ4n) is 1.10. The summed E-state index contributed by atoms with van der Waals surface area (Å²) in [4.78, 5) is 0. The molecule has 0 unspecified atom stereocenters. The molecule has 0 heterocycles. The summed E-state index contributed by atoms with van der Waals surface area (Å²) in [6.07, 6.45) is 0. The van der Waals surface area contributed by atoms with Gasteiger partial charge in [0, 0.05) is 0 Å². The van der Waals surface area contributed by atoms with Gasteiger partial charge in [0.15, 0.2) is 0 Å². The second-order valence-corrected chi connectivity index (χ2v) is 6.55. The Bertz CT molecular complexity index is 270. The first-order chi connectivity index (χ1) is 5.61. The molecule has 0 spiro atoms. The highest BCUT2D eigenvalue weighted by Gasteiger charge is 2.03. The Labute approximate surface area is 76.5 Å². The highest BCUT2D eigenvalue weighted by Crippen LogP contribution is 2.15. The van der Waals surface area contributed by atoms with Crippen LogP contribution in [0.2, 0.25) is 13.1 Å². The van der Waals surface area contributed by atoms with E-state index in [4.69, 9.17) is 0 Å². The molecule has 12 heavy (non-hydrogen) atoms. The molecule has 64 valence electrons. The first-order valence-corrected chi connectivity index (χ1v) is 7.26. The Hall–Kier alpha value is -0.823. The monoisotopic (exact) mass is 176 g/mol. The van der Waals surface area contributed by atoms with Crippen molar-refractivity contribution >= 4 is 14.0 Å². The zero-order valence-electron chi connectivity index (χ0n) is 8.09. The van der Waals surface area contributed by atoms with E-state index in [0.29, 0.717) is 0 Å². The smallest absolute Gasteiger partial charge is 0.0647 e. The number of aryl methyl sites for hydroxylation is 1. The fourth-order valence-corrected chi connectivity index (χ4v) is 1.96. The Morgan fingerprint density at radius 1 is 1.17 bits per heavy atom.